The van der Waals surface area contributed by atoms with Gasteiger partial charge < -0.3 is 5.32 Å². The molecule has 4 rings (SSSR count). The van der Waals surface area contributed by atoms with Crippen LogP contribution in [-0.2, 0) is 14.4 Å². The van der Waals surface area contributed by atoms with Crippen LogP contribution < -0.4 is 10.2 Å². The number of nitrogens with one attached hydrogen (secondary N) is 1. The second-order valence-electron chi connectivity index (χ2n) is 6.50. The van der Waals surface area contributed by atoms with Crippen molar-refractivity contribution in [3.8, 4) is 0 Å². The second-order valence-corrected chi connectivity index (χ2v) is 7.78. The fourth-order valence-corrected chi connectivity index (χ4v) is 3.97. The van der Waals surface area contributed by atoms with E-state index in [-0.39, 0.29) is 30.1 Å². The summed E-state index contributed by atoms with van der Waals surface area (Å²) in [5.74, 6) is -0.125. The highest BCUT2D eigenvalue weighted by Gasteiger charge is 2.40. The van der Waals surface area contributed by atoms with E-state index in [2.05, 4.69) is 5.32 Å². The number of benzene rings is 2. The van der Waals surface area contributed by atoms with Gasteiger partial charge in [-0.25, -0.2) is 4.90 Å². The monoisotopic (exact) mass is 366 g/mol. The van der Waals surface area contributed by atoms with Gasteiger partial charge in [0.2, 0.25) is 17.7 Å². The summed E-state index contributed by atoms with van der Waals surface area (Å²) in [5, 5.41) is 2.47. The van der Waals surface area contributed by atoms with Gasteiger partial charge in [-0.15, -0.1) is 11.8 Å². The van der Waals surface area contributed by atoms with Crippen molar-refractivity contribution in [2.45, 2.75) is 29.4 Å². The summed E-state index contributed by atoms with van der Waals surface area (Å²) >= 11 is 1.38. The highest BCUT2D eigenvalue weighted by molar-refractivity contribution is 8.00. The minimum Gasteiger partial charge on any atom is -0.326 e. The SMILES string of the molecule is O=C(Nc1ccc(S[C@@H]2CC(=O)N(c3ccccc3)C2=O)cc1)C1CC1. The summed E-state index contributed by atoms with van der Waals surface area (Å²) in [6.45, 7) is 0. The zero-order valence-electron chi connectivity index (χ0n) is 14.1. The molecule has 3 amide bonds. The molecule has 2 aromatic rings. The van der Waals surface area contributed by atoms with Crippen LogP contribution in [0.3, 0.4) is 0 Å². The normalized spacial score (nSPS) is 19.7. The van der Waals surface area contributed by atoms with Crippen molar-refractivity contribution in [3.63, 3.8) is 0 Å². The van der Waals surface area contributed by atoms with Crippen LogP contribution in [0.4, 0.5) is 11.4 Å². The number of carbonyl (C=O) groups excluding carboxylic acids is 3. The molecule has 0 aromatic heterocycles. The number of anilines is 2. The lowest BCUT2D eigenvalue weighted by Gasteiger charge is -2.14. The number of hydrogen-bond acceptors (Lipinski definition) is 4. The Morgan fingerprint density at radius 1 is 1.00 bits per heavy atom. The molecular formula is C20H18N2O3S. The fourth-order valence-electron chi connectivity index (χ4n) is 2.92. The van der Waals surface area contributed by atoms with E-state index in [1.165, 1.54) is 16.7 Å². The summed E-state index contributed by atoms with van der Waals surface area (Å²) in [5.41, 5.74) is 1.37. The molecule has 1 atom stereocenters. The van der Waals surface area contributed by atoms with Crippen LogP contribution in [0.5, 0.6) is 0 Å². The maximum absolute atomic E-state index is 12.6. The maximum Gasteiger partial charge on any atom is 0.247 e. The summed E-state index contributed by atoms with van der Waals surface area (Å²) in [4.78, 5) is 38.9. The minimum atomic E-state index is -0.422. The molecule has 0 radical (unpaired) electrons. The highest BCUT2D eigenvalue weighted by atomic mass is 32.2. The highest BCUT2D eigenvalue weighted by Crippen LogP contribution is 2.35. The van der Waals surface area contributed by atoms with Crippen LogP contribution in [0.25, 0.3) is 0 Å². The number of hydrogen-bond donors (Lipinski definition) is 1. The topological polar surface area (TPSA) is 66.5 Å². The third-order valence-electron chi connectivity index (χ3n) is 4.47. The van der Waals surface area contributed by atoms with Crippen molar-refractivity contribution < 1.29 is 14.4 Å². The number of nitrogens with zero attached hydrogens (tertiary/aromatic N) is 1. The Bertz CT molecular complexity index is 847. The summed E-state index contributed by atoms with van der Waals surface area (Å²) in [6.07, 6.45) is 2.13. The van der Waals surface area contributed by atoms with Gasteiger partial charge in [0.25, 0.3) is 0 Å². The molecule has 1 saturated heterocycles. The van der Waals surface area contributed by atoms with Crippen molar-refractivity contribution in [2.75, 3.05) is 10.2 Å². The number of para-hydroxylation sites is 1. The third-order valence-corrected chi connectivity index (χ3v) is 5.67. The molecule has 1 aliphatic carbocycles. The molecule has 1 N–H and O–H groups in total. The molecule has 26 heavy (non-hydrogen) atoms. The molecular weight excluding hydrogens is 348 g/mol. The molecule has 2 fully saturated rings. The van der Waals surface area contributed by atoms with Gasteiger partial charge in [-0.3, -0.25) is 14.4 Å². The van der Waals surface area contributed by atoms with Gasteiger partial charge in [0.05, 0.1) is 10.9 Å². The predicted molar refractivity (Wildman–Crippen MR) is 101 cm³/mol. The van der Waals surface area contributed by atoms with Gasteiger partial charge in [0.15, 0.2) is 0 Å². The lowest BCUT2D eigenvalue weighted by atomic mass is 10.3. The Balaban J connectivity index is 1.41. The molecule has 5 nitrogen and oxygen atoms in total. The Morgan fingerprint density at radius 3 is 2.35 bits per heavy atom. The Hall–Kier alpha value is -2.60. The van der Waals surface area contributed by atoms with Crippen LogP contribution in [0, 0.1) is 5.92 Å². The molecule has 1 aliphatic heterocycles. The summed E-state index contributed by atoms with van der Waals surface area (Å²) in [7, 11) is 0. The predicted octanol–water partition coefficient (Wildman–Crippen LogP) is 3.46. The molecule has 6 heteroatoms. The van der Waals surface area contributed by atoms with E-state index in [0.717, 1.165) is 23.4 Å². The second kappa shape index (κ2) is 6.96. The zero-order valence-corrected chi connectivity index (χ0v) is 14.9. The van der Waals surface area contributed by atoms with Gasteiger partial charge in [-0.2, -0.15) is 0 Å². The smallest absolute Gasteiger partial charge is 0.247 e. The Morgan fingerprint density at radius 2 is 1.69 bits per heavy atom. The van der Waals surface area contributed by atoms with Gasteiger partial charge in [0.1, 0.15) is 0 Å². The van der Waals surface area contributed by atoms with Crippen LogP contribution in [0.2, 0.25) is 0 Å². The molecule has 132 valence electrons. The van der Waals surface area contributed by atoms with Crippen LogP contribution in [0.1, 0.15) is 19.3 Å². The number of thioether (sulfide) groups is 1. The van der Waals surface area contributed by atoms with Crippen molar-refractivity contribution in [3.05, 3.63) is 54.6 Å². The van der Waals surface area contributed by atoms with E-state index < -0.39 is 5.25 Å². The molecule has 1 heterocycles. The number of imide groups is 1. The Labute approximate surface area is 155 Å². The van der Waals surface area contributed by atoms with Crippen molar-refractivity contribution in [1.29, 1.82) is 0 Å². The van der Waals surface area contributed by atoms with Crippen LogP contribution in [0.15, 0.2) is 59.5 Å². The number of carbonyl (C=O) groups is 3. The first-order chi connectivity index (χ1) is 12.6. The molecule has 1 saturated carbocycles. The number of amides is 3. The lowest BCUT2D eigenvalue weighted by molar-refractivity contribution is -0.121. The average Bonchev–Trinajstić information content (AvgIpc) is 3.45. The first-order valence-corrected chi connectivity index (χ1v) is 9.49. The van der Waals surface area contributed by atoms with Crippen LogP contribution >= 0.6 is 11.8 Å². The third kappa shape index (κ3) is 3.51. The quantitative estimate of drug-likeness (QED) is 0.823. The zero-order chi connectivity index (χ0) is 18.1. The molecule has 0 bridgehead atoms. The standard InChI is InChI=1S/C20H18N2O3S/c23-18-12-17(20(25)22(18)15-4-2-1-3-5-15)26-16-10-8-14(9-11-16)21-19(24)13-6-7-13/h1-5,8-11,13,17H,6-7,12H2,(H,21,24)/t17-/m1/s1. The summed E-state index contributed by atoms with van der Waals surface area (Å²) in [6, 6.07) is 16.4. The van der Waals surface area contributed by atoms with Crippen molar-refractivity contribution in [1.82, 2.24) is 0 Å². The minimum absolute atomic E-state index is 0.0699. The maximum atomic E-state index is 12.6. The molecule has 2 aliphatic rings. The first kappa shape index (κ1) is 16.8. The van der Waals surface area contributed by atoms with Crippen molar-refractivity contribution in [2.24, 2.45) is 5.92 Å². The lowest BCUT2D eigenvalue weighted by Crippen LogP contribution is -2.30. The average molecular weight is 366 g/mol. The van der Waals surface area contributed by atoms with Gasteiger partial charge in [-0.05, 0) is 49.2 Å². The fraction of sp³-hybridized carbons (Fsp3) is 0.250. The Kier molecular flexibility index (Phi) is 4.51. The van der Waals surface area contributed by atoms with Gasteiger partial charge in [-0.1, -0.05) is 18.2 Å². The summed E-state index contributed by atoms with van der Waals surface area (Å²) < 4.78 is 0. The molecule has 2 aromatic carbocycles. The largest absolute Gasteiger partial charge is 0.326 e. The van der Waals surface area contributed by atoms with Crippen LogP contribution in [-0.4, -0.2) is 23.0 Å². The van der Waals surface area contributed by atoms with E-state index in [1.807, 2.05) is 42.5 Å². The van der Waals surface area contributed by atoms with Gasteiger partial charge in [0, 0.05) is 22.9 Å². The van der Waals surface area contributed by atoms with E-state index in [0.29, 0.717) is 5.69 Å². The van der Waals surface area contributed by atoms with E-state index in [1.54, 1.807) is 12.1 Å². The molecule has 0 unspecified atom stereocenters. The first-order valence-electron chi connectivity index (χ1n) is 8.61. The van der Waals surface area contributed by atoms with Crippen molar-refractivity contribution >= 4 is 40.9 Å². The molecule has 0 spiro atoms. The number of rotatable bonds is 5. The van der Waals surface area contributed by atoms with E-state index >= 15 is 0 Å². The van der Waals surface area contributed by atoms with Gasteiger partial charge >= 0.3 is 0 Å². The van der Waals surface area contributed by atoms with E-state index in [4.69, 9.17) is 0 Å². The van der Waals surface area contributed by atoms with E-state index in [9.17, 15) is 14.4 Å².